The number of rotatable bonds is 7. The van der Waals surface area contributed by atoms with E-state index in [1.807, 2.05) is 42.5 Å². The third-order valence-electron chi connectivity index (χ3n) is 3.87. The van der Waals surface area contributed by atoms with Gasteiger partial charge >= 0.3 is 25.8 Å². The van der Waals surface area contributed by atoms with E-state index in [1.165, 1.54) is 0 Å². The first-order valence-corrected chi connectivity index (χ1v) is 9.52. The first-order chi connectivity index (χ1) is 14.8. The fraction of sp³-hybridized carbons (Fsp3) is 0.400. The second kappa shape index (κ2) is 14.4. The van der Waals surface area contributed by atoms with Crippen molar-refractivity contribution in [3.63, 3.8) is 0 Å². The Morgan fingerprint density at radius 3 is 2.06 bits per heavy atom. The van der Waals surface area contributed by atoms with E-state index in [0.717, 1.165) is 22.8 Å². The molecule has 0 aliphatic carbocycles. The molecule has 2 rings (SSSR count). The molecule has 0 aromatic heterocycles. The summed E-state index contributed by atoms with van der Waals surface area (Å²) in [5.74, 6) is -3.20. The third-order valence-corrected chi connectivity index (χ3v) is 3.87. The molecule has 0 saturated carbocycles. The van der Waals surface area contributed by atoms with Crippen molar-refractivity contribution in [3.8, 4) is 0 Å². The molecule has 178 valence electrons. The van der Waals surface area contributed by atoms with E-state index in [4.69, 9.17) is 31.5 Å². The van der Waals surface area contributed by atoms with Gasteiger partial charge in [-0.1, -0.05) is 56.3 Å². The lowest BCUT2D eigenvalue weighted by atomic mass is 9.99. The summed E-state index contributed by atoms with van der Waals surface area (Å²) in [4.78, 5) is 19.6. The van der Waals surface area contributed by atoms with Crippen LogP contribution in [0.5, 0.6) is 0 Å². The smallest absolute Gasteiger partial charge is 0.480 e. The van der Waals surface area contributed by atoms with E-state index in [2.05, 4.69) is 18.5 Å². The van der Waals surface area contributed by atoms with Crippen LogP contribution >= 0.6 is 0 Å². The van der Waals surface area contributed by atoms with E-state index in [1.54, 1.807) is 0 Å². The molecule has 0 radical (unpaired) electrons. The number of alkyl halides is 3. The maximum atomic E-state index is 10.7. The molecular weight excluding hydrogens is 432 g/mol. The van der Waals surface area contributed by atoms with Crippen LogP contribution in [0.15, 0.2) is 42.5 Å². The van der Waals surface area contributed by atoms with Gasteiger partial charge in [0.05, 0.1) is 6.23 Å². The van der Waals surface area contributed by atoms with Gasteiger partial charge in [0.2, 0.25) is 0 Å². The van der Waals surface area contributed by atoms with Gasteiger partial charge in [-0.15, -0.1) is 0 Å². The van der Waals surface area contributed by atoms with Crippen LogP contribution in [0.3, 0.4) is 0 Å². The Bertz CT molecular complexity index is 846. The zero-order valence-corrected chi connectivity index (χ0v) is 17.7. The maximum Gasteiger partial charge on any atom is 0.490 e. The lowest BCUT2D eigenvalue weighted by Crippen LogP contribution is -2.32. The van der Waals surface area contributed by atoms with E-state index < -0.39 is 24.2 Å². The third kappa shape index (κ3) is 12.3. The highest BCUT2D eigenvalue weighted by Crippen LogP contribution is 2.19. The summed E-state index contributed by atoms with van der Waals surface area (Å²) in [6.07, 6.45) is -4.24. The van der Waals surface area contributed by atoms with Crippen molar-refractivity contribution in [2.24, 2.45) is 17.4 Å². The van der Waals surface area contributed by atoms with Gasteiger partial charge < -0.3 is 31.4 Å². The van der Waals surface area contributed by atoms with E-state index in [-0.39, 0.29) is 13.9 Å². The van der Waals surface area contributed by atoms with Crippen LogP contribution in [0.2, 0.25) is 0 Å². The van der Waals surface area contributed by atoms with E-state index in [9.17, 15) is 18.0 Å². The first-order valence-electron chi connectivity index (χ1n) is 9.52. The Balaban J connectivity index is 0.000000512. The van der Waals surface area contributed by atoms with Crippen molar-refractivity contribution in [2.45, 2.75) is 45.1 Å². The van der Waals surface area contributed by atoms with Gasteiger partial charge in [-0.25, -0.2) is 4.79 Å². The zero-order chi connectivity index (χ0) is 24.9. The number of halogens is 3. The van der Waals surface area contributed by atoms with Crippen LogP contribution < -0.4 is 11.5 Å². The summed E-state index contributed by atoms with van der Waals surface area (Å²) >= 11 is 0. The minimum atomic E-state index is -5.08. The number of fused-ring (bicyclic) bond motifs is 1. The molecule has 0 unspecified atom stereocenters. The average Bonchev–Trinajstić information content (AvgIpc) is 2.68. The fourth-order valence-corrected chi connectivity index (χ4v) is 2.42. The van der Waals surface area contributed by atoms with E-state index >= 15 is 0 Å². The molecule has 2 aromatic rings. The molecule has 2 atom stereocenters. The van der Waals surface area contributed by atoms with Gasteiger partial charge in [-0.05, 0) is 35.1 Å². The van der Waals surface area contributed by atoms with Crippen LogP contribution in [0.25, 0.3) is 10.8 Å². The summed E-state index contributed by atoms with van der Waals surface area (Å²) in [7, 11) is -0.284. The fourth-order valence-electron chi connectivity index (χ4n) is 2.42. The van der Waals surface area contributed by atoms with Crippen molar-refractivity contribution in [1.29, 1.82) is 0 Å². The van der Waals surface area contributed by atoms with Crippen molar-refractivity contribution < 1.29 is 42.7 Å². The summed E-state index contributed by atoms with van der Waals surface area (Å²) in [6.45, 7) is 4.11. The number of carboxylic acids is 2. The number of carboxylic acid groups (broad SMARTS) is 2. The largest absolute Gasteiger partial charge is 0.490 e. The average molecular weight is 460 g/mol. The minimum Gasteiger partial charge on any atom is -0.480 e. The van der Waals surface area contributed by atoms with Crippen LogP contribution in [0.1, 0.15) is 25.8 Å². The van der Waals surface area contributed by atoms with Gasteiger partial charge in [0, 0.05) is 0 Å². The maximum absolute atomic E-state index is 10.7. The van der Waals surface area contributed by atoms with Gasteiger partial charge in [0.15, 0.2) is 0 Å². The molecule has 8 nitrogen and oxygen atoms in total. The Labute approximate surface area is 184 Å². The molecule has 0 heterocycles. The number of aliphatic carboxylic acids is 2. The first kappa shape index (κ1) is 29.3. The highest BCUT2D eigenvalue weighted by molar-refractivity contribution is 6.15. The van der Waals surface area contributed by atoms with Crippen LogP contribution in [0, 0.1) is 5.92 Å². The highest BCUT2D eigenvalue weighted by Gasteiger charge is 2.38. The Morgan fingerprint density at radius 1 is 1.06 bits per heavy atom. The summed E-state index contributed by atoms with van der Waals surface area (Å²) in [5, 5.41) is 26.3. The van der Waals surface area contributed by atoms with Gasteiger partial charge in [-0.2, -0.15) is 13.2 Å². The molecule has 0 saturated heterocycles. The topological polar surface area (TPSA) is 156 Å². The number of hydrogen-bond acceptors (Lipinski definition) is 6. The molecule has 0 amide bonds. The predicted molar refractivity (Wildman–Crippen MR) is 115 cm³/mol. The monoisotopic (exact) mass is 460 g/mol. The van der Waals surface area contributed by atoms with E-state index in [0.29, 0.717) is 12.3 Å². The van der Waals surface area contributed by atoms with Crippen LogP contribution in [-0.4, -0.2) is 53.3 Å². The molecule has 0 aliphatic heterocycles. The Morgan fingerprint density at radius 2 is 1.59 bits per heavy atom. The standard InChI is InChI=1S/C13H13NO2.C5H14BNO2.C2HF3O2/c14-12(13(15)16)8-10-6-3-5-9-4-1-2-7-11(9)10;1-4(2)3-5(7)9-6-8;3-2(4,5)1(6)7/h1-7,12H,8,14H2,(H,15,16);4-6,8H,3,7H2,1-2H3;(H,6,7)/t12-;5-;/m01./s1. The molecule has 7 N–H and O–H groups in total. The van der Waals surface area contributed by atoms with Crippen molar-refractivity contribution in [2.75, 3.05) is 0 Å². The predicted octanol–water partition coefficient (Wildman–Crippen LogP) is 2.02. The van der Waals surface area contributed by atoms with Gasteiger partial charge in [0.1, 0.15) is 6.04 Å². The summed E-state index contributed by atoms with van der Waals surface area (Å²) in [5.41, 5.74) is 11.9. The second-order valence-electron chi connectivity index (χ2n) is 7.05. The molecule has 12 heteroatoms. The number of carbonyl (C=O) groups is 2. The molecular formula is C20H28BF3N2O6. The zero-order valence-electron chi connectivity index (χ0n) is 17.7. The Hall–Kier alpha value is -2.67. The molecule has 0 spiro atoms. The molecule has 0 bridgehead atoms. The number of benzene rings is 2. The Kier molecular flexibility index (Phi) is 13.2. The quantitative estimate of drug-likeness (QED) is 0.310. The summed E-state index contributed by atoms with van der Waals surface area (Å²) in [6, 6.07) is 12.9. The number of hydrogen-bond donors (Lipinski definition) is 5. The lowest BCUT2D eigenvalue weighted by molar-refractivity contribution is -0.192. The number of nitrogens with two attached hydrogens (primary N) is 2. The van der Waals surface area contributed by atoms with Crippen LogP contribution in [-0.2, 0) is 20.7 Å². The normalized spacial score (nSPS) is 12.7. The minimum absolute atomic E-state index is 0.284. The SMILES string of the molecule is CC(C)C[C@H](N)OBO.N[C@@H](Cc1cccc2ccccc12)C(=O)O.O=C(O)C(F)(F)F. The van der Waals surface area contributed by atoms with Crippen molar-refractivity contribution in [3.05, 3.63) is 48.0 Å². The molecule has 0 aliphatic rings. The molecule has 0 fully saturated rings. The lowest BCUT2D eigenvalue weighted by Gasteiger charge is -2.12. The summed E-state index contributed by atoms with van der Waals surface area (Å²) < 4.78 is 36.4. The van der Waals surface area contributed by atoms with Crippen LogP contribution in [0.4, 0.5) is 13.2 Å². The van der Waals surface area contributed by atoms with Gasteiger partial charge in [0.25, 0.3) is 0 Å². The molecule has 2 aromatic carbocycles. The van der Waals surface area contributed by atoms with Gasteiger partial charge in [-0.3, -0.25) is 4.79 Å². The van der Waals surface area contributed by atoms with Crippen molar-refractivity contribution in [1.82, 2.24) is 0 Å². The molecule has 32 heavy (non-hydrogen) atoms. The second-order valence-corrected chi connectivity index (χ2v) is 7.05. The highest BCUT2D eigenvalue weighted by atomic mass is 19.4. The van der Waals surface area contributed by atoms with Crippen molar-refractivity contribution >= 4 is 30.4 Å².